The van der Waals surface area contributed by atoms with Crippen molar-refractivity contribution in [1.82, 2.24) is 24.1 Å². The second kappa shape index (κ2) is 8.78. The SMILES string of the molecule is Cn1cc(S(=O)(=O)N2CCC(Nc3ncc(C#N)c(N[C@@H]4CCC[C@@H]4O)n3)CC2)cn1. The molecule has 12 heteroatoms. The van der Waals surface area contributed by atoms with Crippen LogP contribution in [0, 0.1) is 11.3 Å². The summed E-state index contributed by atoms with van der Waals surface area (Å²) in [5.74, 6) is 0.782. The Labute approximate surface area is 181 Å². The summed E-state index contributed by atoms with van der Waals surface area (Å²) in [4.78, 5) is 8.87. The lowest BCUT2D eigenvalue weighted by molar-refractivity contribution is 0.171. The molecule has 2 fully saturated rings. The number of aliphatic hydroxyl groups is 1. The zero-order valence-electron chi connectivity index (χ0n) is 17.3. The van der Waals surface area contributed by atoms with Gasteiger partial charge in [0.1, 0.15) is 22.3 Å². The first kappa shape index (κ1) is 21.5. The molecular weight excluding hydrogens is 420 g/mol. The van der Waals surface area contributed by atoms with Gasteiger partial charge in [-0.1, -0.05) is 0 Å². The molecule has 1 aliphatic carbocycles. The van der Waals surface area contributed by atoms with Crippen molar-refractivity contribution in [1.29, 1.82) is 5.26 Å². The number of nitriles is 1. The van der Waals surface area contributed by atoms with Crippen LogP contribution in [0.4, 0.5) is 11.8 Å². The number of aryl methyl sites for hydroxylation is 1. The molecule has 0 amide bonds. The Balaban J connectivity index is 1.39. The van der Waals surface area contributed by atoms with E-state index in [1.54, 1.807) is 7.05 Å². The highest BCUT2D eigenvalue weighted by molar-refractivity contribution is 7.89. The molecule has 0 aromatic carbocycles. The minimum Gasteiger partial charge on any atom is -0.391 e. The zero-order valence-corrected chi connectivity index (χ0v) is 18.1. The number of hydrogen-bond donors (Lipinski definition) is 3. The van der Waals surface area contributed by atoms with Crippen molar-refractivity contribution < 1.29 is 13.5 Å². The van der Waals surface area contributed by atoms with E-state index in [0.717, 1.165) is 19.3 Å². The summed E-state index contributed by atoms with van der Waals surface area (Å²) in [6.45, 7) is 0.759. The smallest absolute Gasteiger partial charge is 0.246 e. The van der Waals surface area contributed by atoms with E-state index in [1.807, 2.05) is 0 Å². The zero-order chi connectivity index (χ0) is 22.0. The van der Waals surface area contributed by atoms with Crippen LogP contribution in [0.1, 0.15) is 37.7 Å². The Morgan fingerprint density at radius 3 is 2.58 bits per heavy atom. The van der Waals surface area contributed by atoms with Crippen molar-refractivity contribution in [3.63, 3.8) is 0 Å². The molecule has 3 N–H and O–H groups in total. The number of aromatic nitrogens is 4. The van der Waals surface area contributed by atoms with Gasteiger partial charge >= 0.3 is 0 Å². The first-order valence-electron chi connectivity index (χ1n) is 10.3. The molecule has 31 heavy (non-hydrogen) atoms. The first-order valence-corrected chi connectivity index (χ1v) is 11.8. The van der Waals surface area contributed by atoms with Gasteiger partial charge in [0, 0.05) is 32.4 Å². The van der Waals surface area contributed by atoms with Crippen molar-refractivity contribution in [2.75, 3.05) is 23.7 Å². The molecule has 2 aromatic heterocycles. The highest BCUT2D eigenvalue weighted by atomic mass is 32.2. The fraction of sp³-hybridized carbons (Fsp3) is 0.579. The van der Waals surface area contributed by atoms with Crippen molar-refractivity contribution in [2.45, 2.75) is 55.2 Å². The lowest BCUT2D eigenvalue weighted by Crippen LogP contribution is -2.42. The molecular formula is C19H26N8O3S. The minimum absolute atomic E-state index is 0.0122. The van der Waals surface area contributed by atoms with E-state index in [0.29, 0.717) is 43.3 Å². The molecule has 2 atom stereocenters. The van der Waals surface area contributed by atoms with E-state index in [4.69, 9.17) is 0 Å². The summed E-state index contributed by atoms with van der Waals surface area (Å²) in [6, 6.07) is 1.96. The Hall–Kier alpha value is -2.75. The van der Waals surface area contributed by atoms with E-state index in [9.17, 15) is 18.8 Å². The third-order valence-electron chi connectivity index (χ3n) is 5.82. The molecule has 3 heterocycles. The molecule has 166 valence electrons. The van der Waals surface area contributed by atoms with E-state index in [-0.39, 0.29) is 17.0 Å². The van der Waals surface area contributed by atoms with Gasteiger partial charge in [0.2, 0.25) is 16.0 Å². The van der Waals surface area contributed by atoms with Gasteiger partial charge in [0.05, 0.1) is 24.5 Å². The van der Waals surface area contributed by atoms with Crippen molar-refractivity contribution in [3.05, 3.63) is 24.2 Å². The Bertz CT molecular complexity index is 1070. The van der Waals surface area contributed by atoms with E-state index in [2.05, 4.69) is 31.8 Å². The number of aliphatic hydroxyl groups excluding tert-OH is 1. The van der Waals surface area contributed by atoms with E-state index in [1.165, 1.54) is 27.6 Å². The minimum atomic E-state index is -3.55. The molecule has 11 nitrogen and oxygen atoms in total. The number of anilines is 2. The molecule has 2 aromatic rings. The largest absolute Gasteiger partial charge is 0.391 e. The van der Waals surface area contributed by atoms with Crippen LogP contribution < -0.4 is 10.6 Å². The molecule has 0 unspecified atom stereocenters. The van der Waals surface area contributed by atoms with Gasteiger partial charge in [-0.15, -0.1) is 0 Å². The second-order valence-electron chi connectivity index (χ2n) is 7.99. The normalized spacial score (nSPS) is 22.9. The van der Waals surface area contributed by atoms with Gasteiger partial charge in [-0.3, -0.25) is 4.68 Å². The molecule has 0 bridgehead atoms. The van der Waals surface area contributed by atoms with Gasteiger partial charge in [0.15, 0.2) is 0 Å². The summed E-state index contributed by atoms with van der Waals surface area (Å²) in [5, 5.41) is 29.8. The number of nitrogens with zero attached hydrogens (tertiary/aromatic N) is 6. The van der Waals surface area contributed by atoms with Crippen LogP contribution in [-0.2, 0) is 17.1 Å². The quantitative estimate of drug-likeness (QED) is 0.582. The molecule has 4 rings (SSSR count). The number of hydrogen-bond acceptors (Lipinski definition) is 9. The van der Waals surface area contributed by atoms with Gasteiger partial charge in [-0.05, 0) is 32.1 Å². The predicted molar refractivity (Wildman–Crippen MR) is 113 cm³/mol. The maximum absolute atomic E-state index is 12.7. The Kier molecular flexibility index (Phi) is 6.08. The van der Waals surface area contributed by atoms with Crippen molar-refractivity contribution >= 4 is 21.8 Å². The van der Waals surface area contributed by atoms with Crippen LogP contribution in [-0.4, -0.2) is 68.9 Å². The standard InChI is InChI=1S/C19H26N8O3S/c1-26-12-15(11-22-26)31(29,30)27-7-5-14(6-8-27)23-19-21-10-13(9-20)18(25-19)24-16-3-2-4-17(16)28/h10-12,14,16-17,28H,2-8H2,1H3,(H2,21,23,24,25)/t16-,17+/m1/s1. The highest BCUT2D eigenvalue weighted by Crippen LogP contribution is 2.25. The molecule has 1 aliphatic heterocycles. The van der Waals surface area contributed by atoms with Crippen LogP contribution in [0.15, 0.2) is 23.5 Å². The maximum atomic E-state index is 12.7. The van der Waals surface area contributed by atoms with Crippen LogP contribution in [0.25, 0.3) is 0 Å². The van der Waals surface area contributed by atoms with Crippen molar-refractivity contribution in [3.8, 4) is 6.07 Å². The summed E-state index contributed by atoms with van der Waals surface area (Å²) >= 11 is 0. The average Bonchev–Trinajstić information content (AvgIpc) is 3.37. The number of piperidine rings is 1. The molecule has 1 saturated heterocycles. The summed E-state index contributed by atoms with van der Waals surface area (Å²) in [5.41, 5.74) is 0.321. The fourth-order valence-electron chi connectivity index (χ4n) is 4.03. The molecule has 0 radical (unpaired) electrons. The number of sulfonamides is 1. The Morgan fingerprint density at radius 2 is 1.97 bits per heavy atom. The summed E-state index contributed by atoms with van der Waals surface area (Å²) in [7, 11) is -1.87. The molecule has 0 spiro atoms. The average molecular weight is 447 g/mol. The topological polar surface area (TPSA) is 149 Å². The fourth-order valence-corrected chi connectivity index (χ4v) is 5.49. The summed E-state index contributed by atoms with van der Waals surface area (Å²) < 4.78 is 28.4. The summed E-state index contributed by atoms with van der Waals surface area (Å²) in [6.07, 6.45) is 7.56. The van der Waals surface area contributed by atoms with Gasteiger partial charge in [-0.2, -0.15) is 19.6 Å². The van der Waals surface area contributed by atoms with E-state index >= 15 is 0 Å². The third kappa shape index (κ3) is 4.63. The van der Waals surface area contributed by atoms with Crippen LogP contribution in [0.5, 0.6) is 0 Å². The van der Waals surface area contributed by atoms with Gasteiger partial charge < -0.3 is 15.7 Å². The van der Waals surface area contributed by atoms with Crippen LogP contribution in [0.2, 0.25) is 0 Å². The van der Waals surface area contributed by atoms with Gasteiger partial charge in [0.25, 0.3) is 0 Å². The van der Waals surface area contributed by atoms with E-state index < -0.39 is 16.1 Å². The number of rotatable bonds is 6. The maximum Gasteiger partial charge on any atom is 0.246 e. The molecule has 1 saturated carbocycles. The predicted octanol–water partition coefficient (Wildman–Crippen LogP) is 0.672. The van der Waals surface area contributed by atoms with Crippen LogP contribution in [0.3, 0.4) is 0 Å². The third-order valence-corrected chi connectivity index (χ3v) is 7.67. The van der Waals surface area contributed by atoms with Gasteiger partial charge in [-0.25, -0.2) is 13.4 Å². The van der Waals surface area contributed by atoms with Crippen molar-refractivity contribution in [2.24, 2.45) is 7.05 Å². The number of nitrogens with one attached hydrogen (secondary N) is 2. The second-order valence-corrected chi connectivity index (χ2v) is 9.93. The highest BCUT2D eigenvalue weighted by Gasteiger charge is 2.31. The monoisotopic (exact) mass is 446 g/mol. The Morgan fingerprint density at radius 1 is 1.19 bits per heavy atom. The lowest BCUT2D eigenvalue weighted by Gasteiger charge is -2.31. The molecule has 2 aliphatic rings. The first-order chi connectivity index (χ1) is 14.9. The lowest BCUT2D eigenvalue weighted by atomic mass is 10.1. The van der Waals surface area contributed by atoms with Crippen LogP contribution >= 0.6 is 0 Å².